The van der Waals surface area contributed by atoms with Crippen LogP contribution in [0.3, 0.4) is 0 Å². The molecule has 1 N–H and O–H groups in total. The maximum atomic E-state index is 12.7. The minimum atomic E-state index is -4.39. The Morgan fingerprint density at radius 1 is 1.21 bits per heavy atom. The van der Waals surface area contributed by atoms with Gasteiger partial charge in [0.25, 0.3) is 0 Å². The monoisotopic (exact) mass is 337 g/mol. The molecule has 0 aliphatic carbocycles. The largest absolute Gasteiger partial charge is 0.416 e. The van der Waals surface area contributed by atoms with Crippen molar-refractivity contribution in [3.63, 3.8) is 0 Å². The first-order valence-corrected chi connectivity index (χ1v) is 7.05. The fourth-order valence-corrected chi connectivity index (χ4v) is 2.01. The average molecular weight is 338 g/mol. The highest BCUT2D eigenvalue weighted by Gasteiger charge is 2.32. The minimum Gasteiger partial charge on any atom is -0.352 e. The zero-order valence-corrected chi connectivity index (χ0v) is 11.9. The molecule has 0 heterocycles. The second-order valence-electron chi connectivity index (χ2n) is 4.08. The summed E-state index contributed by atoms with van der Waals surface area (Å²) in [7, 11) is 0. The molecule has 0 spiro atoms. The van der Waals surface area contributed by atoms with Gasteiger partial charge in [0.1, 0.15) is 0 Å². The van der Waals surface area contributed by atoms with Crippen molar-refractivity contribution in [1.82, 2.24) is 5.32 Å². The lowest BCUT2D eigenvalue weighted by Gasteiger charge is -2.13. The molecular weight excluding hydrogens is 323 g/mol. The number of nitrogens with one attached hydrogen (secondary N) is 1. The first kappa shape index (κ1) is 16.0. The molecule has 1 amide bonds. The molecule has 2 nitrogen and oxygen atoms in total. The van der Waals surface area contributed by atoms with Crippen molar-refractivity contribution in [3.05, 3.63) is 35.4 Å². The second-order valence-corrected chi connectivity index (χ2v) is 4.87. The summed E-state index contributed by atoms with van der Waals surface area (Å²) in [6.45, 7) is -0.0944. The van der Waals surface area contributed by atoms with Crippen LogP contribution in [0.1, 0.15) is 30.4 Å². The quantitative estimate of drug-likeness (QED) is 0.619. The Bertz CT molecular complexity index is 421. The summed E-state index contributed by atoms with van der Waals surface area (Å²) in [6, 6.07) is 5.26. The molecule has 19 heavy (non-hydrogen) atoms. The molecule has 0 saturated heterocycles. The van der Waals surface area contributed by atoms with Gasteiger partial charge in [-0.2, -0.15) is 13.2 Å². The molecule has 106 valence electrons. The number of halogens is 4. The molecule has 0 radical (unpaired) electrons. The summed E-state index contributed by atoms with van der Waals surface area (Å²) >= 11 is 3.25. The van der Waals surface area contributed by atoms with Gasteiger partial charge < -0.3 is 5.32 Å². The van der Waals surface area contributed by atoms with Crippen LogP contribution in [0.4, 0.5) is 13.2 Å². The lowest BCUT2D eigenvalue weighted by atomic mass is 10.1. The van der Waals surface area contributed by atoms with Crippen molar-refractivity contribution >= 4 is 21.8 Å². The summed E-state index contributed by atoms with van der Waals surface area (Å²) in [4.78, 5) is 11.4. The van der Waals surface area contributed by atoms with Gasteiger partial charge in [-0.25, -0.2) is 0 Å². The van der Waals surface area contributed by atoms with Crippen molar-refractivity contribution in [2.24, 2.45) is 0 Å². The molecule has 0 fully saturated rings. The molecular formula is C13H15BrF3NO. The van der Waals surface area contributed by atoms with Crippen LogP contribution < -0.4 is 5.32 Å². The molecule has 1 aromatic rings. The molecule has 6 heteroatoms. The number of alkyl halides is 4. The number of amides is 1. The van der Waals surface area contributed by atoms with Crippen molar-refractivity contribution in [3.8, 4) is 0 Å². The minimum absolute atomic E-state index is 0.0869. The number of rotatable bonds is 6. The Labute approximate surface area is 118 Å². The summed E-state index contributed by atoms with van der Waals surface area (Å²) in [5, 5.41) is 3.33. The van der Waals surface area contributed by atoms with Gasteiger partial charge in [0.05, 0.1) is 5.56 Å². The molecule has 0 saturated carbocycles. The Morgan fingerprint density at radius 3 is 2.53 bits per heavy atom. The Hall–Kier alpha value is -1.04. The van der Waals surface area contributed by atoms with Crippen LogP contribution in [-0.2, 0) is 17.5 Å². The topological polar surface area (TPSA) is 29.1 Å². The number of hydrogen-bond acceptors (Lipinski definition) is 1. The summed E-state index contributed by atoms with van der Waals surface area (Å²) in [5.41, 5.74) is -0.611. The molecule has 1 rings (SSSR count). The van der Waals surface area contributed by atoms with E-state index in [-0.39, 0.29) is 18.0 Å². The normalized spacial score (nSPS) is 11.4. The van der Waals surface area contributed by atoms with Crippen LogP contribution in [0.5, 0.6) is 0 Å². The fourth-order valence-electron chi connectivity index (χ4n) is 1.61. The molecule has 0 aliphatic rings. The summed E-state index contributed by atoms with van der Waals surface area (Å²) in [6.07, 6.45) is -2.47. The zero-order chi connectivity index (χ0) is 14.3. The maximum absolute atomic E-state index is 12.7. The fraction of sp³-hybridized carbons (Fsp3) is 0.462. The third-order valence-electron chi connectivity index (χ3n) is 2.59. The van der Waals surface area contributed by atoms with E-state index < -0.39 is 11.7 Å². The molecule has 0 aliphatic heterocycles. The van der Waals surface area contributed by atoms with E-state index in [0.717, 1.165) is 24.2 Å². The van der Waals surface area contributed by atoms with Crippen LogP contribution in [-0.4, -0.2) is 11.2 Å². The first-order chi connectivity index (χ1) is 8.95. The highest BCUT2D eigenvalue weighted by atomic mass is 79.9. The van der Waals surface area contributed by atoms with Gasteiger partial charge in [-0.15, -0.1) is 0 Å². The molecule has 0 aromatic heterocycles. The molecule has 0 atom stereocenters. The van der Waals surface area contributed by atoms with Crippen LogP contribution in [0.15, 0.2) is 24.3 Å². The van der Waals surface area contributed by atoms with Crippen molar-refractivity contribution in [1.29, 1.82) is 0 Å². The van der Waals surface area contributed by atoms with E-state index in [2.05, 4.69) is 21.2 Å². The number of carbonyl (C=O) groups is 1. The van der Waals surface area contributed by atoms with Crippen LogP contribution in [0.2, 0.25) is 0 Å². The lowest BCUT2D eigenvalue weighted by molar-refractivity contribution is -0.138. The predicted molar refractivity (Wildman–Crippen MR) is 70.9 cm³/mol. The van der Waals surface area contributed by atoms with Gasteiger partial charge in [-0.1, -0.05) is 34.1 Å². The van der Waals surface area contributed by atoms with E-state index in [1.807, 2.05) is 0 Å². The highest BCUT2D eigenvalue weighted by Crippen LogP contribution is 2.31. The standard InChI is InChI=1S/C13H15BrF3NO/c14-8-4-3-7-12(19)18-9-10-5-1-2-6-11(10)13(15,16)17/h1-2,5-6H,3-4,7-9H2,(H,18,19). The van der Waals surface area contributed by atoms with E-state index in [1.54, 1.807) is 0 Å². The van der Waals surface area contributed by atoms with E-state index in [4.69, 9.17) is 0 Å². The Morgan fingerprint density at radius 2 is 1.89 bits per heavy atom. The van der Waals surface area contributed by atoms with E-state index in [9.17, 15) is 18.0 Å². The van der Waals surface area contributed by atoms with Gasteiger partial charge in [0, 0.05) is 18.3 Å². The lowest BCUT2D eigenvalue weighted by Crippen LogP contribution is -2.24. The third kappa shape index (κ3) is 5.63. The first-order valence-electron chi connectivity index (χ1n) is 5.93. The number of carbonyl (C=O) groups excluding carboxylic acids is 1. The van der Waals surface area contributed by atoms with Gasteiger partial charge in [-0.05, 0) is 24.5 Å². The van der Waals surface area contributed by atoms with Crippen LogP contribution in [0, 0.1) is 0 Å². The summed E-state index contributed by atoms with van der Waals surface area (Å²) in [5.74, 6) is -0.224. The van der Waals surface area contributed by atoms with E-state index in [0.29, 0.717) is 6.42 Å². The predicted octanol–water partition coefficient (Wildman–Crippen LogP) is 3.89. The Kier molecular flexibility index (Phi) is 6.34. The van der Waals surface area contributed by atoms with Crippen molar-refractivity contribution < 1.29 is 18.0 Å². The van der Waals surface area contributed by atoms with E-state index >= 15 is 0 Å². The van der Waals surface area contributed by atoms with Gasteiger partial charge in [0.2, 0.25) is 5.91 Å². The van der Waals surface area contributed by atoms with Gasteiger partial charge >= 0.3 is 6.18 Å². The third-order valence-corrected chi connectivity index (χ3v) is 3.15. The van der Waals surface area contributed by atoms with Gasteiger partial charge in [0.15, 0.2) is 0 Å². The average Bonchev–Trinajstić information content (AvgIpc) is 2.36. The van der Waals surface area contributed by atoms with Crippen LogP contribution in [0.25, 0.3) is 0 Å². The SMILES string of the molecule is O=C(CCCCBr)NCc1ccccc1C(F)(F)F. The summed E-state index contributed by atoms with van der Waals surface area (Å²) < 4.78 is 38.1. The molecule has 0 unspecified atom stereocenters. The molecule has 0 bridgehead atoms. The zero-order valence-electron chi connectivity index (χ0n) is 10.3. The smallest absolute Gasteiger partial charge is 0.352 e. The van der Waals surface area contributed by atoms with E-state index in [1.165, 1.54) is 18.2 Å². The van der Waals surface area contributed by atoms with Crippen molar-refractivity contribution in [2.75, 3.05) is 5.33 Å². The number of unbranched alkanes of at least 4 members (excludes halogenated alkanes) is 1. The second kappa shape index (κ2) is 7.53. The van der Waals surface area contributed by atoms with Crippen LogP contribution >= 0.6 is 15.9 Å². The van der Waals surface area contributed by atoms with Gasteiger partial charge in [-0.3, -0.25) is 4.79 Å². The highest BCUT2D eigenvalue weighted by molar-refractivity contribution is 9.09. The number of benzene rings is 1. The maximum Gasteiger partial charge on any atom is 0.416 e. The number of hydrogen-bond donors (Lipinski definition) is 1. The Balaban J connectivity index is 2.56. The van der Waals surface area contributed by atoms with Crippen molar-refractivity contribution in [2.45, 2.75) is 32.0 Å². The molecule has 1 aromatic carbocycles.